The molecule has 1 amide bonds. The number of aliphatic imine (C=N–C) groups is 1. The van der Waals surface area contributed by atoms with Crippen molar-refractivity contribution in [2.75, 3.05) is 18.4 Å². The number of rotatable bonds is 5. The fourth-order valence-corrected chi connectivity index (χ4v) is 4.29. The quantitative estimate of drug-likeness (QED) is 0.715. The topological polar surface area (TPSA) is 96.3 Å². The molecule has 2 aromatic heterocycles. The molecule has 4 rings (SSSR count). The van der Waals surface area contributed by atoms with Gasteiger partial charge in [0.1, 0.15) is 11.9 Å². The van der Waals surface area contributed by atoms with Crippen LogP contribution < -0.4 is 5.32 Å². The zero-order valence-electron chi connectivity index (χ0n) is 19.0. The molecule has 8 nitrogen and oxygen atoms in total. The van der Waals surface area contributed by atoms with Crippen molar-refractivity contribution in [3.05, 3.63) is 54.4 Å². The number of likely N-dealkylation sites (tertiary alicyclic amines) is 1. The molecule has 2 aliphatic heterocycles. The predicted octanol–water partition coefficient (Wildman–Crippen LogP) is 3.44. The first-order valence-electron chi connectivity index (χ1n) is 11.1. The lowest BCUT2D eigenvalue weighted by Crippen LogP contribution is -2.55. The summed E-state index contributed by atoms with van der Waals surface area (Å²) in [6.45, 7) is 4.64. The van der Waals surface area contributed by atoms with Crippen LogP contribution >= 0.6 is 0 Å². The van der Waals surface area contributed by atoms with Crippen molar-refractivity contribution in [2.45, 2.75) is 56.8 Å². The molecule has 3 atom stereocenters. The van der Waals surface area contributed by atoms with E-state index in [9.17, 15) is 18.0 Å². The summed E-state index contributed by atoms with van der Waals surface area (Å²) in [4.78, 5) is 36.6. The molecule has 0 aliphatic carbocycles. The van der Waals surface area contributed by atoms with Crippen molar-refractivity contribution in [3.63, 3.8) is 0 Å². The number of hydrogen-bond acceptors (Lipinski definition) is 7. The Bertz CT molecular complexity index is 1070. The maximum atomic E-state index is 13.8. The first-order valence-corrected chi connectivity index (χ1v) is 11.1. The summed E-state index contributed by atoms with van der Waals surface area (Å²) in [7, 11) is 0. The standard InChI is InChI=1S/C23H26F3N7O/c1-15-7-8-22(2,20-27-9-5-10-28-20)18(32-15)19(34)33-11-4-3-6-17(33)14-31-21-29-12-16(13-30-21)23(24,25)26/h5,7-10,12-13,17-18H,3-4,6,11,14H2,1-2H3,(H,29,30,31). The van der Waals surface area contributed by atoms with Gasteiger partial charge in [0.2, 0.25) is 11.9 Å². The van der Waals surface area contributed by atoms with Crippen LogP contribution in [0.15, 0.2) is 48.0 Å². The SMILES string of the molecule is CC1=NC(C(=O)N2CCCCC2CNc2ncc(C(F)(F)F)cn2)C(C)(c2ncccn2)C=C1. The Morgan fingerprint density at radius 3 is 2.56 bits per heavy atom. The number of anilines is 1. The first kappa shape index (κ1) is 23.8. The summed E-state index contributed by atoms with van der Waals surface area (Å²) in [5.41, 5.74) is -0.964. The van der Waals surface area contributed by atoms with E-state index in [-0.39, 0.29) is 17.9 Å². The zero-order chi connectivity index (χ0) is 24.3. The molecule has 1 N–H and O–H groups in total. The largest absolute Gasteiger partial charge is 0.419 e. The second-order valence-electron chi connectivity index (χ2n) is 8.72. The molecule has 2 aromatic rings. The van der Waals surface area contributed by atoms with Crippen molar-refractivity contribution in [1.82, 2.24) is 24.8 Å². The summed E-state index contributed by atoms with van der Waals surface area (Å²) in [5, 5.41) is 2.98. The highest BCUT2D eigenvalue weighted by Gasteiger charge is 2.45. The molecule has 11 heteroatoms. The average Bonchev–Trinajstić information content (AvgIpc) is 2.84. The molecule has 0 saturated carbocycles. The zero-order valence-corrected chi connectivity index (χ0v) is 19.0. The van der Waals surface area contributed by atoms with Gasteiger partial charge in [0.15, 0.2) is 0 Å². The van der Waals surface area contributed by atoms with Crippen LogP contribution in [0.2, 0.25) is 0 Å². The fourth-order valence-electron chi connectivity index (χ4n) is 4.29. The van der Waals surface area contributed by atoms with E-state index in [1.165, 1.54) is 0 Å². The Morgan fingerprint density at radius 1 is 1.18 bits per heavy atom. The van der Waals surface area contributed by atoms with Crippen molar-refractivity contribution in [1.29, 1.82) is 0 Å². The average molecular weight is 474 g/mol. The number of dihydropyridines is 1. The number of allylic oxidation sites excluding steroid dienone is 1. The number of nitrogens with zero attached hydrogens (tertiary/aromatic N) is 6. The Hall–Kier alpha value is -3.37. The number of carbonyl (C=O) groups excluding carboxylic acids is 1. The van der Waals surface area contributed by atoms with Gasteiger partial charge in [-0.2, -0.15) is 13.2 Å². The van der Waals surface area contributed by atoms with Gasteiger partial charge in [0.25, 0.3) is 0 Å². The van der Waals surface area contributed by atoms with E-state index in [2.05, 4.69) is 30.2 Å². The van der Waals surface area contributed by atoms with E-state index in [1.807, 2.05) is 30.9 Å². The highest BCUT2D eigenvalue weighted by Crippen LogP contribution is 2.34. The van der Waals surface area contributed by atoms with Gasteiger partial charge in [0.05, 0.1) is 11.0 Å². The summed E-state index contributed by atoms with van der Waals surface area (Å²) < 4.78 is 38.3. The predicted molar refractivity (Wildman–Crippen MR) is 120 cm³/mol. The molecule has 0 bridgehead atoms. The van der Waals surface area contributed by atoms with Gasteiger partial charge < -0.3 is 10.2 Å². The van der Waals surface area contributed by atoms with Crippen LogP contribution in [0.3, 0.4) is 0 Å². The minimum Gasteiger partial charge on any atom is -0.352 e. The molecule has 0 radical (unpaired) electrons. The molecular weight excluding hydrogens is 447 g/mol. The lowest BCUT2D eigenvalue weighted by molar-refractivity contribution is -0.138. The highest BCUT2D eigenvalue weighted by molar-refractivity contribution is 5.98. The molecule has 180 valence electrons. The van der Waals surface area contributed by atoms with Crippen LogP contribution in [0.25, 0.3) is 0 Å². The monoisotopic (exact) mass is 473 g/mol. The maximum Gasteiger partial charge on any atom is 0.419 e. The second-order valence-corrected chi connectivity index (χ2v) is 8.72. The fraction of sp³-hybridized carbons (Fsp3) is 0.478. The van der Waals surface area contributed by atoms with Gasteiger partial charge in [0, 0.05) is 49.6 Å². The molecule has 4 heterocycles. The van der Waals surface area contributed by atoms with E-state index < -0.39 is 23.2 Å². The number of aromatic nitrogens is 4. The summed E-state index contributed by atoms with van der Waals surface area (Å²) in [6, 6.07) is 0.831. The van der Waals surface area contributed by atoms with E-state index in [0.717, 1.165) is 37.4 Å². The summed E-state index contributed by atoms with van der Waals surface area (Å²) >= 11 is 0. The van der Waals surface area contributed by atoms with Gasteiger partial charge >= 0.3 is 6.18 Å². The lowest BCUT2D eigenvalue weighted by Gasteiger charge is -2.41. The van der Waals surface area contributed by atoms with Crippen molar-refractivity contribution >= 4 is 17.6 Å². The molecule has 0 spiro atoms. The second kappa shape index (κ2) is 9.47. The number of halogens is 3. The van der Waals surface area contributed by atoms with E-state index >= 15 is 0 Å². The minimum atomic E-state index is -4.49. The molecular formula is C23H26F3N7O. The Labute approximate surface area is 195 Å². The van der Waals surface area contributed by atoms with E-state index in [4.69, 9.17) is 0 Å². The van der Waals surface area contributed by atoms with E-state index in [1.54, 1.807) is 18.5 Å². The van der Waals surface area contributed by atoms with Crippen LogP contribution in [-0.4, -0.2) is 61.6 Å². The van der Waals surface area contributed by atoms with Crippen LogP contribution in [-0.2, 0) is 16.4 Å². The van der Waals surface area contributed by atoms with Crippen LogP contribution in [0, 0.1) is 0 Å². The van der Waals surface area contributed by atoms with Crippen LogP contribution in [0.1, 0.15) is 44.5 Å². The lowest BCUT2D eigenvalue weighted by atomic mass is 9.78. The first-order chi connectivity index (χ1) is 16.2. The number of nitrogens with one attached hydrogen (secondary N) is 1. The van der Waals surface area contributed by atoms with Gasteiger partial charge in [-0.25, -0.2) is 19.9 Å². The molecule has 2 aliphatic rings. The van der Waals surface area contributed by atoms with Gasteiger partial charge in [-0.3, -0.25) is 9.79 Å². The Morgan fingerprint density at radius 2 is 1.88 bits per heavy atom. The van der Waals surface area contributed by atoms with Crippen LogP contribution in [0.4, 0.5) is 19.1 Å². The number of amides is 1. The third kappa shape index (κ3) is 4.92. The molecule has 0 aromatic carbocycles. The third-order valence-electron chi connectivity index (χ3n) is 6.24. The minimum absolute atomic E-state index is 0.0861. The molecule has 34 heavy (non-hydrogen) atoms. The Balaban J connectivity index is 1.52. The number of piperidine rings is 1. The normalized spacial score (nSPS) is 25.1. The smallest absolute Gasteiger partial charge is 0.352 e. The maximum absolute atomic E-state index is 13.8. The number of hydrogen-bond donors (Lipinski definition) is 1. The van der Waals surface area contributed by atoms with Gasteiger partial charge in [-0.1, -0.05) is 6.08 Å². The summed E-state index contributed by atoms with van der Waals surface area (Å²) in [6.07, 6.45) is 6.65. The van der Waals surface area contributed by atoms with Crippen molar-refractivity contribution in [2.24, 2.45) is 4.99 Å². The van der Waals surface area contributed by atoms with Gasteiger partial charge in [-0.05, 0) is 45.3 Å². The molecule has 3 unspecified atom stereocenters. The van der Waals surface area contributed by atoms with Crippen LogP contribution in [0.5, 0.6) is 0 Å². The number of carbonyl (C=O) groups is 1. The van der Waals surface area contributed by atoms with Crippen molar-refractivity contribution < 1.29 is 18.0 Å². The van der Waals surface area contributed by atoms with E-state index in [0.29, 0.717) is 18.9 Å². The highest BCUT2D eigenvalue weighted by atomic mass is 19.4. The Kier molecular flexibility index (Phi) is 6.63. The molecule has 1 saturated heterocycles. The van der Waals surface area contributed by atoms with Gasteiger partial charge in [-0.15, -0.1) is 0 Å². The number of alkyl halides is 3. The summed E-state index contributed by atoms with van der Waals surface area (Å²) in [5.74, 6) is 0.479. The molecule has 1 fully saturated rings. The third-order valence-corrected chi connectivity index (χ3v) is 6.24. The van der Waals surface area contributed by atoms with Crippen molar-refractivity contribution in [3.8, 4) is 0 Å².